The van der Waals surface area contributed by atoms with Gasteiger partial charge in [-0.15, -0.1) is 0 Å². The first-order chi connectivity index (χ1) is 9.47. The Labute approximate surface area is 118 Å². The summed E-state index contributed by atoms with van der Waals surface area (Å²) in [4.78, 5) is 0. The van der Waals surface area contributed by atoms with Gasteiger partial charge in [0.15, 0.2) is 11.6 Å². The Morgan fingerprint density at radius 3 is 2.60 bits per heavy atom. The minimum atomic E-state index is -0.891. The standard InChI is InChI=1S/C15H21F2NO2/c1-9-6-11(7-10(2)20-9)19-8-14(18)12-4-3-5-13(16)15(12)17/h3-5,9-11,14H,6-8,18H2,1-2H3. The van der Waals surface area contributed by atoms with Gasteiger partial charge in [-0.25, -0.2) is 8.78 Å². The van der Waals surface area contributed by atoms with Crippen molar-refractivity contribution in [3.63, 3.8) is 0 Å². The van der Waals surface area contributed by atoms with Crippen LogP contribution in [0.2, 0.25) is 0 Å². The zero-order valence-corrected chi connectivity index (χ0v) is 11.8. The molecule has 0 radical (unpaired) electrons. The molecule has 0 aliphatic carbocycles. The Kier molecular flexibility index (Phi) is 5.07. The fraction of sp³-hybridized carbons (Fsp3) is 0.600. The molecule has 1 aromatic carbocycles. The molecule has 112 valence electrons. The molecule has 1 aliphatic rings. The molecule has 0 bridgehead atoms. The predicted octanol–water partition coefficient (Wildman–Crippen LogP) is 2.94. The van der Waals surface area contributed by atoms with Crippen LogP contribution in [0.15, 0.2) is 18.2 Å². The highest BCUT2D eigenvalue weighted by atomic mass is 19.2. The quantitative estimate of drug-likeness (QED) is 0.925. The maximum Gasteiger partial charge on any atom is 0.163 e. The van der Waals surface area contributed by atoms with Crippen LogP contribution in [0, 0.1) is 11.6 Å². The van der Waals surface area contributed by atoms with E-state index in [1.807, 2.05) is 13.8 Å². The summed E-state index contributed by atoms with van der Waals surface area (Å²) in [6.45, 7) is 4.17. The summed E-state index contributed by atoms with van der Waals surface area (Å²) in [6.07, 6.45) is 1.93. The Bertz CT molecular complexity index is 445. The lowest BCUT2D eigenvalue weighted by atomic mass is 10.0. The Morgan fingerprint density at radius 2 is 1.95 bits per heavy atom. The Balaban J connectivity index is 1.91. The highest BCUT2D eigenvalue weighted by Crippen LogP contribution is 2.24. The van der Waals surface area contributed by atoms with Crippen LogP contribution in [0.1, 0.15) is 38.3 Å². The highest BCUT2D eigenvalue weighted by molar-refractivity contribution is 5.22. The van der Waals surface area contributed by atoms with Gasteiger partial charge in [0.25, 0.3) is 0 Å². The van der Waals surface area contributed by atoms with Crippen LogP contribution in [0.5, 0.6) is 0 Å². The second-order valence-electron chi connectivity index (χ2n) is 5.43. The number of hydrogen-bond acceptors (Lipinski definition) is 3. The lowest BCUT2D eigenvalue weighted by molar-refractivity contribution is -0.103. The van der Waals surface area contributed by atoms with E-state index in [-0.39, 0.29) is 30.5 Å². The van der Waals surface area contributed by atoms with Gasteiger partial charge in [-0.2, -0.15) is 0 Å². The number of benzene rings is 1. The number of halogens is 2. The van der Waals surface area contributed by atoms with Gasteiger partial charge in [0.05, 0.1) is 31.0 Å². The summed E-state index contributed by atoms with van der Waals surface area (Å²) in [5.74, 6) is -1.77. The van der Waals surface area contributed by atoms with Crippen molar-refractivity contribution in [1.29, 1.82) is 0 Å². The van der Waals surface area contributed by atoms with E-state index in [1.54, 1.807) is 0 Å². The molecule has 20 heavy (non-hydrogen) atoms. The maximum atomic E-state index is 13.6. The zero-order chi connectivity index (χ0) is 14.7. The molecule has 5 heteroatoms. The van der Waals surface area contributed by atoms with Crippen molar-refractivity contribution in [3.05, 3.63) is 35.4 Å². The molecule has 3 nitrogen and oxygen atoms in total. The highest BCUT2D eigenvalue weighted by Gasteiger charge is 2.26. The molecule has 0 spiro atoms. The lowest BCUT2D eigenvalue weighted by Gasteiger charge is -2.32. The zero-order valence-electron chi connectivity index (χ0n) is 11.8. The van der Waals surface area contributed by atoms with Crippen LogP contribution in [0.3, 0.4) is 0 Å². The third-order valence-corrected chi connectivity index (χ3v) is 3.55. The van der Waals surface area contributed by atoms with E-state index in [0.717, 1.165) is 18.9 Å². The molecule has 0 aromatic heterocycles. The second kappa shape index (κ2) is 6.61. The summed E-state index contributed by atoms with van der Waals surface area (Å²) >= 11 is 0. The first-order valence-corrected chi connectivity index (χ1v) is 6.94. The van der Waals surface area contributed by atoms with E-state index in [4.69, 9.17) is 15.2 Å². The van der Waals surface area contributed by atoms with Gasteiger partial charge in [0.2, 0.25) is 0 Å². The van der Waals surface area contributed by atoms with Gasteiger partial charge in [-0.05, 0) is 32.8 Å². The van der Waals surface area contributed by atoms with Crippen LogP contribution in [-0.2, 0) is 9.47 Å². The molecule has 3 atom stereocenters. The molecular formula is C15H21F2NO2. The van der Waals surface area contributed by atoms with Crippen molar-refractivity contribution in [1.82, 2.24) is 0 Å². The van der Waals surface area contributed by atoms with E-state index in [2.05, 4.69) is 0 Å². The van der Waals surface area contributed by atoms with Crippen molar-refractivity contribution in [2.24, 2.45) is 5.73 Å². The van der Waals surface area contributed by atoms with Gasteiger partial charge in [-0.1, -0.05) is 12.1 Å². The lowest BCUT2D eigenvalue weighted by Crippen LogP contribution is -2.35. The van der Waals surface area contributed by atoms with E-state index >= 15 is 0 Å². The fourth-order valence-electron chi connectivity index (χ4n) is 2.62. The fourth-order valence-corrected chi connectivity index (χ4v) is 2.62. The van der Waals surface area contributed by atoms with Gasteiger partial charge < -0.3 is 15.2 Å². The largest absolute Gasteiger partial charge is 0.376 e. The summed E-state index contributed by atoms with van der Waals surface area (Å²) in [6, 6.07) is 3.35. The van der Waals surface area contributed by atoms with Crippen molar-refractivity contribution < 1.29 is 18.3 Å². The van der Waals surface area contributed by atoms with Crippen molar-refractivity contribution in [3.8, 4) is 0 Å². The molecule has 2 rings (SSSR count). The normalized spacial score (nSPS) is 28.4. The first kappa shape index (κ1) is 15.4. The van der Waals surface area contributed by atoms with Gasteiger partial charge >= 0.3 is 0 Å². The Morgan fingerprint density at radius 1 is 1.30 bits per heavy atom. The number of nitrogens with two attached hydrogens (primary N) is 1. The number of ether oxygens (including phenoxy) is 2. The summed E-state index contributed by atoms with van der Waals surface area (Å²) in [7, 11) is 0. The topological polar surface area (TPSA) is 44.5 Å². The Hall–Kier alpha value is -1.04. The number of hydrogen-bond donors (Lipinski definition) is 1. The molecule has 3 unspecified atom stereocenters. The van der Waals surface area contributed by atoms with Gasteiger partial charge in [0.1, 0.15) is 0 Å². The third kappa shape index (κ3) is 3.75. The van der Waals surface area contributed by atoms with E-state index < -0.39 is 17.7 Å². The summed E-state index contributed by atoms with van der Waals surface area (Å²) in [5, 5.41) is 0. The predicted molar refractivity (Wildman–Crippen MR) is 72.3 cm³/mol. The van der Waals surface area contributed by atoms with E-state index in [9.17, 15) is 8.78 Å². The van der Waals surface area contributed by atoms with E-state index in [0.29, 0.717) is 0 Å². The minimum absolute atomic E-state index is 0.0522. The van der Waals surface area contributed by atoms with Crippen molar-refractivity contribution in [2.45, 2.75) is 51.0 Å². The minimum Gasteiger partial charge on any atom is -0.376 e. The summed E-state index contributed by atoms with van der Waals surface area (Å²) < 4.78 is 38.1. The van der Waals surface area contributed by atoms with Crippen molar-refractivity contribution in [2.75, 3.05) is 6.61 Å². The number of rotatable bonds is 4. The van der Waals surface area contributed by atoms with Gasteiger partial charge in [0, 0.05) is 5.56 Å². The summed E-state index contributed by atoms with van der Waals surface area (Å²) in [5.41, 5.74) is 6.04. The van der Waals surface area contributed by atoms with Gasteiger partial charge in [-0.3, -0.25) is 0 Å². The molecule has 0 saturated carbocycles. The smallest absolute Gasteiger partial charge is 0.163 e. The average Bonchev–Trinajstić information content (AvgIpc) is 2.38. The molecular weight excluding hydrogens is 264 g/mol. The monoisotopic (exact) mass is 285 g/mol. The third-order valence-electron chi connectivity index (χ3n) is 3.55. The maximum absolute atomic E-state index is 13.6. The molecule has 0 amide bonds. The van der Waals surface area contributed by atoms with Crippen LogP contribution < -0.4 is 5.73 Å². The first-order valence-electron chi connectivity index (χ1n) is 6.94. The van der Waals surface area contributed by atoms with Crippen LogP contribution >= 0.6 is 0 Å². The molecule has 2 N–H and O–H groups in total. The van der Waals surface area contributed by atoms with Crippen molar-refractivity contribution >= 4 is 0 Å². The molecule has 1 aromatic rings. The molecule has 1 fully saturated rings. The molecule has 1 saturated heterocycles. The average molecular weight is 285 g/mol. The van der Waals surface area contributed by atoms with E-state index in [1.165, 1.54) is 12.1 Å². The van der Waals surface area contributed by atoms with Crippen LogP contribution in [0.25, 0.3) is 0 Å². The molecule has 1 aliphatic heterocycles. The molecule has 1 heterocycles. The second-order valence-corrected chi connectivity index (χ2v) is 5.43. The SMILES string of the molecule is CC1CC(OCC(N)c2cccc(F)c2F)CC(C)O1. The van der Waals surface area contributed by atoms with Crippen LogP contribution in [0.4, 0.5) is 8.78 Å². The van der Waals surface area contributed by atoms with Crippen LogP contribution in [-0.4, -0.2) is 24.9 Å².